The van der Waals surface area contributed by atoms with E-state index in [1.54, 1.807) is 0 Å². The zero-order valence-corrected chi connectivity index (χ0v) is 3.96. The van der Waals surface area contributed by atoms with Gasteiger partial charge in [-0.2, -0.15) is 0 Å². The van der Waals surface area contributed by atoms with Crippen LogP contribution in [0.4, 0.5) is 0 Å². The number of rotatable bonds is 1. The van der Waals surface area contributed by atoms with Gasteiger partial charge in [0, 0.05) is 0 Å². The monoisotopic (exact) mass is 103 g/mol. The first-order valence-corrected chi connectivity index (χ1v) is 2.40. The summed E-state index contributed by atoms with van der Waals surface area (Å²) in [6.07, 6.45) is -0.272. The fraction of sp³-hybridized carbons (Fsp3) is 1.00. The minimum Gasteiger partial charge on any atom is -0.367 e. The molecule has 1 rings (SSSR count). The maximum Gasteiger partial charge on any atom is 0.167 e. The minimum atomic E-state index is -1.16. The molecular formula is C4H9NO2. The molecule has 0 bridgehead atoms. The van der Waals surface area contributed by atoms with Crippen LogP contribution in [0.2, 0.25) is 0 Å². The molecule has 3 nitrogen and oxygen atoms in total. The van der Waals surface area contributed by atoms with Gasteiger partial charge in [-0.25, -0.2) is 0 Å². The molecule has 3 heteroatoms. The van der Waals surface area contributed by atoms with Gasteiger partial charge in [0.1, 0.15) is 0 Å². The quantitative estimate of drug-likeness (QED) is 0.360. The summed E-state index contributed by atoms with van der Waals surface area (Å²) < 4.78 is 0. The lowest BCUT2D eigenvalue weighted by molar-refractivity contribution is -0.0822. The third-order valence-corrected chi connectivity index (χ3v) is 1.22. The van der Waals surface area contributed by atoms with E-state index in [1.807, 2.05) is 0 Å². The molecule has 0 unspecified atom stereocenters. The first kappa shape index (κ1) is 5.03. The van der Waals surface area contributed by atoms with Gasteiger partial charge in [0.2, 0.25) is 0 Å². The van der Waals surface area contributed by atoms with Crippen LogP contribution in [0.25, 0.3) is 0 Å². The van der Waals surface area contributed by atoms with Crippen molar-refractivity contribution in [3.8, 4) is 0 Å². The average Bonchev–Trinajstić information content (AvgIpc) is 1.23. The molecule has 0 amide bonds. The second-order valence-electron chi connectivity index (χ2n) is 1.76. The van der Waals surface area contributed by atoms with E-state index in [0.717, 1.165) is 13.0 Å². The molecule has 0 aromatic rings. The fourth-order valence-corrected chi connectivity index (χ4v) is 0.565. The van der Waals surface area contributed by atoms with E-state index in [-0.39, 0.29) is 6.04 Å². The number of nitrogens with one attached hydrogen (secondary N) is 1. The fourth-order valence-electron chi connectivity index (χ4n) is 0.565. The van der Waals surface area contributed by atoms with Crippen LogP contribution in [-0.2, 0) is 0 Å². The molecule has 0 radical (unpaired) electrons. The Balaban J connectivity index is 2.14. The Hall–Kier alpha value is -0.120. The Kier molecular flexibility index (Phi) is 1.27. The average molecular weight is 103 g/mol. The van der Waals surface area contributed by atoms with E-state index in [4.69, 9.17) is 10.2 Å². The molecule has 7 heavy (non-hydrogen) atoms. The van der Waals surface area contributed by atoms with Crippen LogP contribution >= 0.6 is 0 Å². The van der Waals surface area contributed by atoms with Crippen molar-refractivity contribution in [1.29, 1.82) is 0 Å². The minimum absolute atomic E-state index is 0.0556. The van der Waals surface area contributed by atoms with Crippen molar-refractivity contribution in [3.63, 3.8) is 0 Å². The van der Waals surface area contributed by atoms with Crippen molar-refractivity contribution in [2.24, 2.45) is 0 Å². The molecule has 0 aliphatic carbocycles. The van der Waals surface area contributed by atoms with Gasteiger partial charge < -0.3 is 15.5 Å². The summed E-state index contributed by atoms with van der Waals surface area (Å²) in [6.45, 7) is 0.919. The molecule has 0 saturated carbocycles. The van der Waals surface area contributed by atoms with Crippen molar-refractivity contribution in [2.45, 2.75) is 18.8 Å². The third-order valence-electron chi connectivity index (χ3n) is 1.22. The van der Waals surface area contributed by atoms with Crippen molar-refractivity contribution in [3.05, 3.63) is 0 Å². The number of aliphatic hydroxyl groups is 2. The molecule has 1 aliphatic rings. The van der Waals surface area contributed by atoms with E-state index >= 15 is 0 Å². The molecule has 1 fully saturated rings. The van der Waals surface area contributed by atoms with Gasteiger partial charge in [-0.05, 0) is 13.0 Å². The summed E-state index contributed by atoms with van der Waals surface area (Å²) in [7, 11) is 0. The van der Waals surface area contributed by atoms with Gasteiger partial charge in [0.25, 0.3) is 0 Å². The van der Waals surface area contributed by atoms with Crippen molar-refractivity contribution < 1.29 is 10.2 Å². The summed E-state index contributed by atoms with van der Waals surface area (Å²) in [6, 6.07) is -0.0556. The van der Waals surface area contributed by atoms with Gasteiger partial charge in [0.15, 0.2) is 6.29 Å². The summed E-state index contributed by atoms with van der Waals surface area (Å²) >= 11 is 0. The van der Waals surface area contributed by atoms with Gasteiger partial charge in [-0.1, -0.05) is 0 Å². The highest BCUT2D eigenvalue weighted by Crippen LogP contribution is 2.03. The lowest BCUT2D eigenvalue weighted by Gasteiger charge is -2.28. The highest BCUT2D eigenvalue weighted by molar-refractivity contribution is 4.78. The van der Waals surface area contributed by atoms with Crippen molar-refractivity contribution >= 4 is 0 Å². The zero-order valence-electron chi connectivity index (χ0n) is 3.96. The van der Waals surface area contributed by atoms with Crippen LogP contribution in [-0.4, -0.2) is 29.1 Å². The highest BCUT2D eigenvalue weighted by Gasteiger charge is 2.21. The summed E-state index contributed by atoms with van der Waals surface area (Å²) in [5.74, 6) is 0. The van der Waals surface area contributed by atoms with E-state index < -0.39 is 6.29 Å². The van der Waals surface area contributed by atoms with Crippen LogP contribution in [0.5, 0.6) is 0 Å². The lowest BCUT2D eigenvalue weighted by Crippen LogP contribution is -2.50. The van der Waals surface area contributed by atoms with E-state index in [9.17, 15) is 0 Å². The molecule has 0 spiro atoms. The normalized spacial score (nSPS) is 30.4. The Morgan fingerprint density at radius 1 is 1.57 bits per heavy atom. The molecule has 1 heterocycles. The van der Waals surface area contributed by atoms with Gasteiger partial charge in [-0.3, -0.25) is 0 Å². The second kappa shape index (κ2) is 1.78. The molecule has 3 N–H and O–H groups in total. The Morgan fingerprint density at radius 3 is 2.14 bits per heavy atom. The topological polar surface area (TPSA) is 52.5 Å². The van der Waals surface area contributed by atoms with Crippen LogP contribution in [0.1, 0.15) is 6.42 Å². The Morgan fingerprint density at radius 2 is 2.14 bits per heavy atom. The third kappa shape index (κ3) is 0.907. The summed E-state index contributed by atoms with van der Waals surface area (Å²) in [5, 5.41) is 19.6. The van der Waals surface area contributed by atoms with Gasteiger partial charge >= 0.3 is 0 Å². The molecule has 1 aliphatic heterocycles. The van der Waals surface area contributed by atoms with Crippen molar-refractivity contribution in [2.75, 3.05) is 6.54 Å². The summed E-state index contributed by atoms with van der Waals surface area (Å²) in [5.41, 5.74) is 0. The maximum absolute atomic E-state index is 8.37. The SMILES string of the molecule is OC(O)[C@@H]1CCN1. The predicted molar refractivity (Wildman–Crippen MR) is 24.6 cm³/mol. The number of hydrogen-bond donors (Lipinski definition) is 3. The van der Waals surface area contributed by atoms with E-state index in [2.05, 4.69) is 5.32 Å². The van der Waals surface area contributed by atoms with Crippen molar-refractivity contribution in [1.82, 2.24) is 5.32 Å². The highest BCUT2D eigenvalue weighted by atomic mass is 16.5. The Labute approximate surface area is 42.0 Å². The van der Waals surface area contributed by atoms with Gasteiger partial charge in [0.05, 0.1) is 6.04 Å². The van der Waals surface area contributed by atoms with Crippen LogP contribution in [0, 0.1) is 0 Å². The number of aliphatic hydroxyl groups excluding tert-OH is 1. The van der Waals surface area contributed by atoms with Crippen LogP contribution in [0.15, 0.2) is 0 Å². The zero-order chi connectivity index (χ0) is 5.28. The standard InChI is InChI=1S/C4H9NO2/c6-4(7)3-1-2-5-3/h3-7H,1-2H2/t3-/m0/s1. The van der Waals surface area contributed by atoms with Crippen LogP contribution in [0.3, 0.4) is 0 Å². The van der Waals surface area contributed by atoms with E-state index in [1.165, 1.54) is 0 Å². The summed E-state index contributed by atoms with van der Waals surface area (Å²) in [4.78, 5) is 0. The molecular weight excluding hydrogens is 94.0 g/mol. The number of hydrogen-bond acceptors (Lipinski definition) is 3. The second-order valence-corrected chi connectivity index (χ2v) is 1.76. The largest absolute Gasteiger partial charge is 0.367 e. The van der Waals surface area contributed by atoms with Crippen LogP contribution < -0.4 is 5.32 Å². The molecule has 0 aromatic heterocycles. The predicted octanol–water partition coefficient (Wildman–Crippen LogP) is -1.34. The lowest BCUT2D eigenvalue weighted by atomic mass is 10.1. The smallest absolute Gasteiger partial charge is 0.167 e. The maximum atomic E-state index is 8.37. The first-order chi connectivity index (χ1) is 3.30. The van der Waals surface area contributed by atoms with Gasteiger partial charge in [-0.15, -0.1) is 0 Å². The molecule has 1 saturated heterocycles. The molecule has 1 atom stereocenters. The molecule has 42 valence electrons. The first-order valence-electron chi connectivity index (χ1n) is 2.40. The molecule has 0 aromatic carbocycles. The van der Waals surface area contributed by atoms with E-state index in [0.29, 0.717) is 0 Å². The Bertz CT molecular complexity index is 60.7.